The van der Waals surface area contributed by atoms with E-state index >= 15 is 0 Å². The first kappa shape index (κ1) is 13.7. The Kier molecular flexibility index (Phi) is 4.39. The lowest BCUT2D eigenvalue weighted by molar-refractivity contribution is 1.44. The molecular weight excluding hydrogens is 270 g/mol. The smallest absolute Gasteiger partial charge is 0.145 e. The number of benzene rings is 2. The lowest BCUT2D eigenvalue weighted by atomic mass is 10.0. The van der Waals surface area contributed by atoms with Crippen molar-refractivity contribution in [2.75, 3.05) is 5.32 Å². The van der Waals surface area contributed by atoms with Crippen LogP contribution in [0.5, 0.6) is 0 Å². The second kappa shape index (κ2) is 6.43. The highest BCUT2D eigenvalue weighted by atomic mass is 35.5. The summed E-state index contributed by atoms with van der Waals surface area (Å²) in [6.07, 6.45) is 1.39. The van der Waals surface area contributed by atoms with E-state index in [9.17, 15) is 0 Å². The summed E-state index contributed by atoms with van der Waals surface area (Å²) >= 11 is 6.00. The van der Waals surface area contributed by atoms with Crippen molar-refractivity contribution in [3.05, 3.63) is 65.3 Å². The third-order valence-electron chi connectivity index (χ3n) is 2.68. The standard InChI is InChI=1S/C16H10ClN3/c17-14-5-3-4-13(8-14)15-6-1-2-7-16(15)20-11-12(9-18)10-19/h1-8,11,20H. The first-order valence-corrected chi connectivity index (χ1v) is 6.24. The Balaban J connectivity index is 2.40. The van der Waals surface area contributed by atoms with Crippen molar-refractivity contribution in [2.24, 2.45) is 0 Å². The average Bonchev–Trinajstić information content (AvgIpc) is 2.49. The van der Waals surface area contributed by atoms with Crippen LogP contribution in [-0.2, 0) is 0 Å². The number of nitrogens with one attached hydrogen (secondary N) is 1. The van der Waals surface area contributed by atoms with Crippen molar-refractivity contribution >= 4 is 17.3 Å². The number of allylic oxidation sites excluding steroid dienone is 1. The molecule has 0 aliphatic heterocycles. The third kappa shape index (κ3) is 3.17. The number of anilines is 1. The molecule has 0 bridgehead atoms. The first-order valence-electron chi connectivity index (χ1n) is 5.86. The highest BCUT2D eigenvalue weighted by Gasteiger charge is 2.04. The van der Waals surface area contributed by atoms with Crippen molar-refractivity contribution in [3.63, 3.8) is 0 Å². The van der Waals surface area contributed by atoms with Gasteiger partial charge in [-0.1, -0.05) is 41.9 Å². The van der Waals surface area contributed by atoms with Crippen LogP contribution in [0.2, 0.25) is 5.02 Å². The minimum Gasteiger partial charge on any atom is -0.359 e. The molecule has 0 unspecified atom stereocenters. The number of hydrogen-bond donors (Lipinski definition) is 1. The Morgan fingerprint density at radius 2 is 1.80 bits per heavy atom. The number of para-hydroxylation sites is 1. The predicted octanol–water partition coefficient (Wildman–Crippen LogP) is 4.35. The summed E-state index contributed by atoms with van der Waals surface area (Å²) in [5.74, 6) is 0. The van der Waals surface area contributed by atoms with E-state index in [-0.39, 0.29) is 5.57 Å². The van der Waals surface area contributed by atoms with Gasteiger partial charge in [-0.25, -0.2) is 0 Å². The lowest BCUT2D eigenvalue weighted by Crippen LogP contribution is -1.92. The van der Waals surface area contributed by atoms with Crippen molar-refractivity contribution in [1.29, 1.82) is 10.5 Å². The molecule has 0 atom stereocenters. The molecule has 0 amide bonds. The zero-order chi connectivity index (χ0) is 14.4. The summed E-state index contributed by atoms with van der Waals surface area (Å²) in [5, 5.41) is 21.1. The Bertz CT molecular complexity index is 720. The molecule has 96 valence electrons. The maximum Gasteiger partial charge on any atom is 0.145 e. The van der Waals surface area contributed by atoms with Gasteiger partial charge in [-0.15, -0.1) is 0 Å². The molecule has 0 fully saturated rings. The Morgan fingerprint density at radius 3 is 2.50 bits per heavy atom. The van der Waals surface area contributed by atoms with Crippen molar-refractivity contribution < 1.29 is 0 Å². The van der Waals surface area contributed by atoms with Crippen LogP contribution in [0.1, 0.15) is 0 Å². The van der Waals surface area contributed by atoms with Gasteiger partial charge in [-0.05, 0) is 23.8 Å². The van der Waals surface area contributed by atoms with Gasteiger partial charge in [-0.3, -0.25) is 0 Å². The zero-order valence-electron chi connectivity index (χ0n) is 10.5. The number of halogens is 1. The quantitative estimate of drug-likeness (QED) is 0.850. The minimum absolute atomic E-state index is 0.0193. The molecule has 0 spiro atoms. The molecule has 4 heteroatoms. The second-order valence-electron chi connectivity index (χ2n) is 3.98. The Morgan fingerprint density at radius 1 is 1.05 bits per heavy atom. The van der Waals surface area contributed by atoms with E-state index in [2.05, 4.69) is 5.32 Å². The fourth-order valence-corrected chi connectivity index (χ4v) is 1.95. The number of nitrogens with zero attached hydrogens (tertiary/aromatic N) is 2. The van der Waals surface area contributed by atoms with Crippen molar-refractivity contribution in [2.45, 2.75) is 0 Å². The van der Waals surface area contributed by atoms with Crippen LogP contribution < -0.4 is 5.32 Å². The van der Waals surface area contributed by atoms with Crippen LogP contribution in [0.25, 0.3) is 11.1 Å². The Hall–Kier alpha value is -2.75. The van der Waals surface area contributed by atoms with E-state index in [1.165, 1.54) is 6.20 Å². The van der Waals surface area contributed by atoms with E-state index in [0.717, 1.165) is 16.8 Å². The second-order valence-corrected chi connectivity index (χ2v) is 4.42. The van der Waals surface area contributed by atoms with E-state index < -0.39 is 0 Å². The normalized spacial score (nSPS) is 9.15. The predicted molar refractivity (Wildman–Crippen MR) is 79.8 cm³/mol. The van der Waals surface area contributed by atoms with Crippen LogP contribution in [0.3, 0.4) is 0 Å². The highest BCUT2D eigenvalue weighted by molar-refractivity contribution is 6.30. The molecule has 0 radical (unpaired) electrons. The van der Waals surface area contributed by atoms with Gasteiger partial charge in [0.2, 0.25) is 0 Å². The summed E-state index contributed by atoms with van der Waals surface area (Å²) in [4.78, 5) is 0. The van der Waals surface area contributed by atoms with Crippen molar-refractivity contribution in [3.8, 4) is 23.3 Å². The SMILES string of the molecule is N#CC(C#N)=CNc1ccccc1-c1cccc(Cl)c1. The molecular formula is C16H10ClN3. The van der Waals surface area contributed by atoms with E-state index in [4.69, 9.17) is 22.1 Å². The summed E-state index contributed by atoms with van der Waals surface area (Å²) in [6.45, 7) is 0. The van der Waals surface area contributed by atoms with E-state index in [0.29, 0.717) is 5.02 Å². The summed E-state index contributed by atoms with van der Waals surface area (Å²) in [7, 11) is 0. The maximum atomic E-state index is 8.73. The van der Waals surface area contributed by atoms with Gasteiger partial charge in [0.05, 0.1) is 0 Å². The molecule has 2 rings (SSSR count). The molecule has 1 N–H and O–H groups in total. The number of hydrogen-bond acceptors (Lipinski definition) is 3. The molecule has 0 aromatic heterocycles. The number of nitriles is 2. The fourth-order valence-electron chi connectivity index (χ4n) is 1.76. The first-order chi connectivity index (χ1) is 9.74. The summed E-state index contributed by atoms with van der Waals surface area (Å²) in [5.41, 5.74) is 2.73. The molecule has 3 nitrogen and oxygen atoms in total. The molecule has 0 aliphatic rings. The zero-order valence-corrected chi connectivity index (χ0v) is 11.2. The van der Waals surface area contributed by atoms with E-state index in [1.807, 2.05) is 48.5 Å². The van der Waals surface area contributed by atoms with Crippen LogP contribution in [-0.4, -0.2) is 0 Å². The van der Waals surface area contributed by atoms with Gasteiger partial charge in [0.25, 0.3) is 0 Å². The summed E-state index contributed by atoms with van der Waals surface area (Å²) < 4.78 is 0. The Labute approximate surface area is 122 Å². The third-order valence-corrected chi connectivity index (χ3v) is 2.91. The summed E-state index contributed by atoms with van der Waals surface area (Å²) in [6, 6.07) is 18.7. The van der Waals surface area contributed by atoms with Crippen LogP contribution >= 0.6 is 11.6 Å². The van der Waals surface area contributed by atoms with Gasteiger partial charge < -0.3 is 5.32 Å². The molecule has 0 saturated carbocycles. The molecule has 2 aromatic rings. The minimum atomic E-state index is 0.0193. The van der Waals surface area contributed by atoms with Crippen LogP contribution in [0, 0.1) is 22.7 Å². The highest BCUT2D eigenvalue weighted by Crippen LogP contribution is 2.29. The van der Waals surface area contributed by atoms with Gasteiger partial charge in [0.15, 0.2) is 0 Å². The van der Waals surface area contributed by atoms with Gasteiger partial charge in [0, 0.05) is 22.5 Å². The molecule has 20 heavy (non-hydrogen) atoms. The van der Waals surface area contributed by atoms with Gasteiger partial charge in [-0.2, -0.15) is 10.5 Å². The van der Waals surface area contributed by atoms with Gasteiger partial charge in [0.1, 0.15) is 17.7 Å². The van der Waals surface area contributed by atoms with Crippen molar-refractivity contribution in [1.82, 2.24) is 0 Å². The molecule has 0 saturated heterocycles. The fraction of sp³-hybridized carbons (Fsp3) is 0. The topological polar surface area (TPSA) is 59.6 Å². The van der Waals surface area contributed by atoms with Gasteiger partial charge >= 0.3 is 0 Å². The molecule has 0 heterocycles. The monoisotopic (exact) mass is 279 g/mol. The molecule has 2 aromatic carbocycles. The average molecular weight is 280 g/mol. The maximum absolute atomic E-state index is 8.73. The van der Waals surface area contributed by atoms with Crippen LogP contribution in [0.4, 0.5) is 5.69 Å². The molecule has 0 aliphatic carbocycles. The van der Waals surface area contributed by atoms with E-state index in [1.54, 1.807) is 12.1 Å². The lowest BCUT2D eigenvalue weighted by Gasteiger charge is -2.09. The largest absolute Gasteiger partial charge is 0.359 e. The van der Waals surface area contributed by atoms with Crippen LogP contribution in [0.15, 0.2) is 60.3 Å². The number of rotatable bonds is 3.